The number of aromatic nitrogens is 2. The molecule has 1 N–H and O–H groups in total. The van der Waals surface area contributed by atoms with Crippen molar-refractivity contribution in [1.29, 1.82) is 0 Å². The van der Waals surface area contributed by atoms with Gasteiger partial charge in [-0.25, -0.2) is 0 Å². The van der Waals surface area contributed by atoms with Crippen molar-refractivity contribution in [3.63, 3.8) is 0 Å². The molecule has 156 valence electrons. The van der Waals surface area contributed by atoms with Crippen molar-refractivity contribution in [2.75, 3.05) is 17.7 Å². The number of esters is 1. The third kappa shape index (κ3) is 7.32. The number of ether oxygens (including phenoxy) is 2. The average Bonchev–Trinajstić information content (AvgIpc) is 3.37. The Balaban J connectivity index is 1.42. The second-order valence-electron chi connectivity index (χ2n) is 6.69. The van der Waals surface area contributed by atoms with Gasteiger partial charge in [0, 0.05) is 6.42 Å². The van der Waals surface area contributed by atoms with Crippen molar-refractivity contribution >= 4 is 40.1 Å². The first-order chi connectivity index (χ1) is 14.1. The summed E-state index contributed by atoms with van der Waals surface area (Å²) in [6, 6.07) is 7.96. The Morgan fingerprint density at radius 2 is 2.10 bits per heavy atom. The van der Waals surface area contributed by atoms with Gasteiger partial charge in [0.05, 0.1) is 18.5 Å². The molecule has 2 aromatic rings. The minimum absolute atomic E-state index is 0.120. The van der Waals surface area contributed by atoms with Gasteiger partial charge in [-0.05, 0) is 56.7 Å². The quantitative estimate of drug-likeness (QED) is 0.341. The van der Waals surface area contributed by atoms with E-state index < -0.39 is 0 Å². The highest BCUT2D eigenvalue weighted by Gasteiger charge is 2.16. The normalized spacial score (nSPS) is 14.0. The van der Waals surface area contributed by atoms with Crippen LogP contribution in [0.15, 0.2) is 28.6 Å². The Morgan fingerprint density at radius 3 is 2.90 bits per heavy atom. The molecule has 1 heterocycles. The highest BCUT2D eigenvalue weighted by molar-refractivity contribution is 8.01. The summed E-state index contributed by atoms with van der Waals surface area (Å²) >= 11 is 2.49. The summed E-state index contributed by atoms with van der Waals surface area (Å²) in [6.07, 6.45) is 6.00. The molecule has 0 bridgehead atoms. The number of hydrogen-bond donors (Lipinski definition) is 1. The van der Waals surface area contributed by atoms with Gasteiger partial charge >= 0.3 is 5.97 Å². The van der Waals surface area contributed by atoms with Crippen LogP contribution in [-0.2, 0) is 20.7 Å². The molecule has 1 amide bonds. The van der Waals surface area contributed by atoms with Gasteiger partial charge in [0.1, 0.15) is 5.75 Å². The van der Waals surface area contributed by atoms with Gasteiger partial charge < -0.3 is 14.8 Å². The van der Waals surface area contributed by atoms with Crippen molar-refractivity contribution < 1.29 is 19.1 Å². The molecule has 1 aliphatic rings. The lowest BCUT2D eigenvalue weighted by molar-refractivity contribution is -0.139. The van der Waals surface area contributed by atoms with E-state index in [1.807, 2.05) is 24.3 Å². The molecule has 1 aromatic carbocycles. The molecule has 0 aliphatic heterocycles. The number of benzene rings is 1. The fraction of sp³-hybridized carbons (Fsp3) is 0.500. The standard InChI is InChI=1S/C20H25N3O4S2/c1-2-26-18(25)13-28-20-23-22-19(29-20)21-17(24)11-10-14-6-5-9-16(12-14)27-15-7-3-4-8-15/h5-6,9,12,15H,2-4,7-8,10-11,13H2,1H3,(H,21,22,24). The highest BCUT2D eigenvalue weighted by atomic mass is 32.2. The van der Waals surface area contributed by atoms with E-state index >= 15 is 0 Å². The van der Waals surface area contributed by atoms with E-state index in [1.54, 1.807) is 6.92 Å². The monoisotopic (exact) mass is 435 g/mol. The van der Waals surface area contributed by atoms with Crippen molar-refractivity contribution in [1.82, 2.24) is 10.2 Å². The number of amides is 1. The van der Waals surface area contributed by atoms with E-state index in [0.717, 1.165) is 24.2 Å². The van der Waals surface area contributed by atoms with Crippen LogP contribution in [0.2, 0.25) is 0 Å². The zero-order chi connectivity index (χ0) is 20.5. The number of nitrogens with zero attached hydrogens (tertiary/aromatic N) is 2. The molecular formula is C20H25N3O4S2. The molecular weight excluding hydrogens is 410 g/mol. The Bertz CT molecular complexity index is 822. The summed E-state index contributed by atoms with van der Waals surface area (Å²) in [5.41, 5.74) is 1.07. The maximum absolute atomic E-state index is 12.2. The van der Waals surface area contributed by atoms with Crippen LogP contribution in [0.25, 0.3) is 0 Å². The zero-order valence-corrected chi connectivity index (χ0v) is 18.0. The van der Waals surface area contributed by atoms with E-state index in [0.29, 0.717) is 35.0 Å². The number of carbonyl (C=O) groups excluding carboxylic acids is 2. The Morgan fingerprint density at radius 1 is 1.28 bits per heavy atom. The van der Waals surface area contributed by atoms with E-state index in [9.17, 15) is 9.59 Å². The molecule has 3 rings (SSSR count). The zero-order valence-electron chi connectivity index (χ0n) is 16.4. The number of aryl methyl sites for hydroxylation is 1. The first-order valence-corrected chi connectivity index (χ1v) is 11.6. The van der Waals surface area contributed by atoms with E-state index in [4.69, 9.17) is 9.47 Å². The van der Waals surface area contributed by atoms with Crippen LogP contribution >= 0.6 is 23.1 Å². The predicted molar refractivity (Wildman–Crippen MR) is 114 cm³/mol. The summed E-state index contributed by atoms with van der Waals surface area (Å²) in [6.45, 7) is 2.12. The summed E-state index contributed by atoms with van der Waals surface area (Å²) in [5.74, 6) is 0.639. The SMILES string of the molecule is CCOC(=O)CSc1nnc(NC(=O)CCc2cccc(OC3CCCC3)c2)s1. The smallest absolute Gasteiger partial charge is 0.316 e. The number of anilines is 1. The van der Waals surface area contributed by atoms with Crippen molar-refractivity contribution in [2.24, 2.45) is 0 Å². The molecule has 0 atom stereocenters. The Hall–Kier alpha value is -2.13. The Labute approximate surface area is 178 Å². The molecule has 1 aromatic heterocycles. The van der Waals surface area contributed by atoms with Gasteiger partial charge in [0.2, 0.25) is 11.0 Å². The van der Waals surface area contributed by atoms with E-state index in [-0.39, 0.29) is 17.6 Å². The van der Waals surface area contributed by atoms with Gasteiger partial charge in [0.15, 0.2) is 4.34 Å². The molecule has 0 spiro atoms. The maximum atomic E-state index is 12.2. The van der Waals surface area contributed by atoms with E-state index in [2.05, 4.69) is 15.5 Å². The third-order valence-electron chi connectivity index (χ3n) is 4.42. The summed E-state index contributed by atoms with van der Waals surface area (Å²) in [4.78, 5) is 23.6. The average molecular weight is 436 g/mol. The topological polar surface area (TPSA) is 90.4 Å². The van der Waals surface area contributed by atoms with Crippen LogP contribution in [0, 0.1) is 0 Å². The lowest BCUT2D eigenvalue weighted by Crippen LogP contribution is -2.12. The van der Waals surface area contributed by atoms with Gasteiger partial charge in [-0.15, -0.1) is 10.2 Å². The summed E-state index contributed by atoms with van der Waals surface area (Å²) < 4.78 is 11.5. The van der Waals surface area contributed by atoms with Gasteiger partial charge in [-0.2, -0.15) is 0 Å². The molecule has 1 fully saturated rings. The van der Waals surface area contributed by atoms with Crippen LogP contribution in [0.5, 0.6) is 5.75 Å². The molecule has 29 heavy (non-hydrogen) atoms. The van der Waals surface area contributed by atoms with Crippen LogP contribution in [-0.4, -0.2) is 40.5 Å². The van der Waals surface area contributed by atoms with Gasteiger partial charge in [-0.1, -0.05) is 35.2 Å². The second kappa shape index (κ2) is 11.2. The number of nitrogens with one attached hydrogen (secondary N) is 1. The van der Waals surface area contributed by atoms with Crippen molar-refractivity contribution in [3.05, 3.63) is 29.8 Å². The minimum atomic E-state index is -0.294. The first kappa shape index (κ1) is 21.6. The van der Waals surface area contributed by atoms with Gasteiger partial charge in [0.25, 0.3) is 0 Å². The number of thioether (sulfide) groups is 1. The van der Waals surface area contributed by atoms with Crippen LogP contribution in [0.3, 0.4) is 0 Å². The third-order valence-corrected chi connectivity index (χ3v) is 6.36. The first-order valence-electron chi connectivity index (χ1n) is 9.79. The minimum Gasteiger partial charge on any atom is -0.490 e. The molecule has 1 saturated carbocycles. The largest absolute Gasteiger partial charge is 0.490 e. The molecule has 1 aliphatic carbocycles. The summed E-state index contributed by atoms with van der Waals surface area (Å²) in [7, 11) is 0. The lowest BCUT2D eigenvalue weighted by atomic mass is 10.1. The molecule has 0 radical (unpaired) electrons. The fourth-order valence-corrected chi connectivity index (χ4v) is 4.62. The maximum Gasteiger partial charge on any atom is 0.316 e. The lowest BCUT2D eigenvalue weighted by Gasteiger charge is -2.13. The fourth-order valence-electron chi connectivity index (χ4n) is 3.05. The highest BCUT2D eigenvalue weighted by Crippen LogP contribution is 2.26. The van der Waals surface area contributed by atoms with Crippen LogP contribution < -0.4 is 10.1 Å². The molecule has 0 saturated heterocycles. The van der Waals surface area contributed by atoms with Gasteiger partial charge in [-0.3, -0.25) is 9.59 Å². The molecule has 7 nitrogen and oxygen atoms in total. The Kier molecular flexibility index (Phi) is 8.30. The number of rotatable bonds is 10. The summed E-state index contributed by atoms with van der Waals surface area (Å²) in [5, 5.41) is 11.1. The molecule has 0 unspecified atom stereocenters. The van der Waals surface area contributed by atoms with Crippen LogP contribution in [0.4, 0.5) is 5.13 Å². The van der Waals surface area contributed by atoms with E-state index in [1.165, 1.54) is 35.9 Å². The molecule has 9 heteroatoms. The van der Waals surface area contributed by atoms with Crippen LogP contribution in [0.1, 0.15) is 44.6 Å². The van der Waals surface area contributed by atoms with Crippen molar-refractivity contribution in [2.45, 2.75) is 55.9 Å². The number of carbonyl (C=O) groups is 2. The van der Waals surface area contributed by atoms with Crippen molar-refractivity contribution in [3.8, 4) is 5.75 Å². The second-order valence-corrected chi connectivity index (χ2v) is 8.89. The predicted octanol–water partition coefficient (Wildman–Crippen LogP) is 4.09. The number of hydrogen-bond acceptors (Lipinski definition) is 8.